The van der Waals surface area contributed by atoms with Crippen LogP contribution in [0.3, 0.4) is 0 Å². The quantitative estimate of drug-likeness (QED) is 0.511. The Kier molecular flexibility index (Phi) is 2.75. The SMILES string of the molecule is [B]NC(=O)CC(C)(C)C. The predicted molar refractivity (Wildman–Crippen MR) is 38.0 cm³/mol. The number of carbonyl (C=O) groups excluding carboxylic acids is 1. The number of nitrogens with one attached hydrogen (secondary N) is 1. The number of rotatable bonds is 1. The summed E-state index contributed by atoms with van der Waals surface area (Å²) in [6.45, 7) is 5.96. The molecule has 1 N–H and O–H groups in total. The first kappa shape index (κ1) is 8.53. The van der Waals surface area contributed by atoms with Gasteiger partial charge in [-0.1, -0.05) is 20.8 Å². The highest BCUT2D eigenvalue weighted by Crippen LogP contribution is 2.17. The van der Waals surface area contributed by atoms with Gasteiger partial charge in [0.15, 0.2) is 0 Å². The van der Waals surface area contributed by atoms with Gasteiger partial charge in [0.05, 0.1) is 0 Å². The Labute approximate surface area is 57.4 Å². The van der Waals surface area contributed by atoms with Crippen LogP contribution in [0, 0.1) is 5.41 Å². The van der Waals surface area contributed by atoms with Crippen LogP contribution in [0.1, 0.15) is 27.2 Å². The maximum Gasteiger partial charge on any atom is 0.226 e. The molecule has 2 nitrogen and oxygen atoms in total. The van der Waals surface area contributed by atoms with Gasteiger partial charge in [-0.15, -0.1) is 0 Å². The molecule has 0 aromatic heterocycles. The monoisotopic (exact) mass is 125 g/mol. The van der Waals surface area contributed by atoms with E-state index in [0.717, 1.165) is 0 Å². The molecule has 9 heavy (non-hydrogen) atoms. The first-order chi connectivity index (χ1) is 3.95. The van der Waals surface area contributed by atoms with E-state index in [-0.39, 0.29) is 11.3 Å². The summed E-state index contributed by atoms with van der Waals surface area (Å²) in [6.07, 6.45) is 0.476. The molecule has 0 fully saturated rings. The Bertz CT molecular complexity index is 106. The van der Waals surface area contributed by atoms with Gasteiger partial charge < -0.3 is 5.23 Å². The lowest BCUT2D eigenvalue weighted by atomic mass is 9.92. The van der Waals surface area contributed by atoms with Crippen molar-refractivity contribution in [2.75, 3.05) is 0 Å². The zero-order chi connectivity index (χ0) is 7.49. The number of hydrogen-bond donors (Lipinski definition) is 1. The molecule has 0 aliphatic carbocycles. The lowest BCUT2D eigenvalue weighted by Gasteiger charge is -2.15. The molecule has 0 aliphatic rings. The molecule has 0 heterocycles. The second-order valence-electron chi connectivity index (χ2n) is 3.30. The molecule has 0 aromatic carbocycles. The average Bonchev–Trinajstić information content (AvgIpc) is 1.62. The Balaban J connectivity index is 3.60. The van der Waals surface area contributed by atoms with Gasteiger partial charge in [0.25, 0.3) is 0 Å². The third-order valence-corrected chi connectivity index (χ3v) is 0.852. The third-order valence-electron chi connectivity index (χ3n) is 0.852. The zero-order valence-electron chi connectivity index (χ0n) is 6.19. The molecule has 0 aliphatic heterocycles. The molecule has 1 amide bonds. The summed E-state index contributed by atoms with van der Waals surface area (Å²) < 4.78 is 0. The third kappa shape index (κ3) is 5.41. The molecule has 0 spiro atoms. The van der Waals surface area contributed by atoms with Gasteiger partial charge in [0.2, 0.25) is 13.9 Å². The van der Waals surface area contributed by atoms with Crippen molar-refractivity contribution in [2.45, 2.75) is 27.2 Å². The largest absolute Gasteiger partial charge is 0.409 e. The fraction of sp³-hybridized carbons (Fsp3) is 0.833. The van der Waals surface area contributed by atoms with Gasteiger partial charge in [-0.05, 0) is 5.41 Å². The van der Waals surface area contributed by atoms with Gasteiger partial charge >= 0.3 is 0 Å². The van der Waals surface area contributed by atoms with Crippen molar-refractivity contribution in [3.05, 3.63) is 0 Å². The van der Waals surface area contributed by atoms with Gasteiger partial charge in [-0.2, -0.15) is 0 Å². The van der Waals surface area contributed by atoms with Gasteiger partial charge in [0.1, 0.15) is 0 Å². The van der Waals surface area contributed by atoms with E-state index in [1.54, 1.807) is 0 Å². The molecule has 0 atom stereocenters. The summed E-state index contributed by atoms with van der Waals surface area (Å²) in [5, 5.41) is 2.08. The summed E-state index contributed by atoms with van der Waals surface area (Å²) in [5.74, 6) is -0.109. The molecule has 0 saturated carbocycles. The maximum atomic E-state index is 10.6. The first-order valence-electron chi connectivity index (χ1n) is 2.95. The average molecular weight is 125 g/mol. The summed E-state index contributed by atoms with van der Waals surface area (Å²) >= 11 is 0. The molecular formula is C6H12BNO. The summed E-state index contributed by atoms with van der Waals surface area (Å²) in [4.78, 5) is 10.6. The van der Waals surface area contributed by atoms with E-state index >= 15 is 0 Å². The van der Waals surface area contributed by atoms with Gasteiger partial charge in [-0.25, -0.2) is 0 Å². The summed E-state index contributed by atoms with van der Waals surface area (Å²) in [6, 6.07) is 0. The first-order valence-corrected chi connectivity index (χ1v) is 2.95. The minimum atomic E-state index is -0.109. The highest BCUT2D eigenvalue weighted by molar-refractivity contribution is 6.14. The molecule has 0 aromatic rings. The maximum absolute atomic E-state index is 10.6. The minimum absolute atomic E-state index is 0.0312. The molecule has 3 heteroatoms. The van der Waals surface area contributed by atoms with Crippen LogP contribution in [-0.4, -0.2) is 13.9 Å². The number of carbonyl (C=O) groups is 1. The minimum Gasteiger partial charge on any atom is -0.409 e. The van der Waals surface area contributed by atoms with E-state index < -0.39 is 0 Å². The van der Waals surface area contributed by atoms with Crippen molar-refractivity contribution >= 4 is 13.9 Å². The molecule has 0 unspecified atom stereocenters. The highest BCUT2D eigenvalue weighted by Gasteiger charge is 2.13. The van der Waals surface area contributed by atoms with Crippen LogP contribution in [-0.2, 0) is 4.79 Å². The lowest BCUT2D eigenvalue weighted by Crippen LogP contribution is -2.24. The number of hydrogen-bond acceptors (Lipinski definition) is 1. The predicted octanol–water partition coefficient (Wildman–Crippen LogP) is 0.622. The van der Waals surface area contributed by atoms with Crippen LogP contribution in [0.2, 0.25) is 0 Å². The van der Waals surface area contributed by atoms with Crippen molar-refractivity contribution < 1.29 is 4.79 Å². The molecule has 0 bridgehead atoms. The van der Waals surface area contributed by atoms with Gasteiger partial charge in [-0.3, -0.25) is 4.79 Å². The Hall–Kier alpha value is -0.465. The van der Waals surface area contributed by atoms with Crippen molar-refractivity contribution in [3.63, 3.8) is 0 Å². The van der Waals surface area contributed by atoms with E-state index in [1.165, 1.54) is 0 Å². The fourth-order valence-electron chi connectivity index (χ4n) is 0.533. The van der Waals surface area contributed by atoms with Crippen LogP contribution < -0.4 is 5.23 Å². The smallest absolute Gasteiger partial charge is 0.226 e. The van der Waals surface area contributed by atoms with Crippen LogP contribution in [0.4, 0.5) is 0 Å². The van der Waals surface area contributed by atoms with Crippen LogP contribution in [0.15, 0.2) is 0 Å². The second kappa shape index (κ2) is 2.90. The van der Waals surface area contributed by atoms with E-state index in [1.807, 2.05) is 20.8 Å². The van der Waals surface area contributed by atoms with Crippen molar-refractivity contribution in [2.24, 2.45) is 5.41 Å². The van der Waals surface area contributed by atoms with Gasteiger partial charge in [0, 0.05) is 6.42 Å². The summed E-state index contributed by atoms with van der Waals surface area (Å²) in [5.41, 5.74) is 0.0312. The number of amides is 1. The fourth-order valence-corrected chi connectivity index (χ4v) is 0.533. The van der Waals surface area contributed by atoms with E-state index in [0.29, 0.717) is 6.42 Å². The second-order valence-corrected chi connectivity index (χ2v) is 3.30. The molecule has 0 saturated heterocycles. The molecule has 50 valence electrons. The van der Waals surface area contributed by atoms with Crippen molar-refractivity contribution in [3.8, 4) is 0 Å². The topological polar surface area (TPSA) is 29.1 Å². The highest BCUT2D eigenvalue weighted by atomic mass is 16.1. The Morgan fingerprint density at radius 1 is 1.56 bits per heavy atom. The van der Waals surface area contributed by atoms with Crippen LogP contribution in [0.5, 0.6) is 0 Å². The molecule has 2 radical (unpaired) electrons. The van der Waals surface area contributed by atoms with E-state index in [9.17, 15) is 4.79 Å². The van der Waals surface area contributed by atoms with E-state index in [2.05, 4.69) is 5.23 Å². The molecular weight excluding hydrogens is 113 g/mol. The Morgan fingerprint density at radius 3 is 2.11 bits per heavy atom. The Morgan fingerprint density at radius 2 is 2.00 bits per heavy atom. The van der Waals surface area contributed by atoms with Crippen molar-refractivity contribution in [1.29, 1.82) is 0 Å². The lowest BCUT2D eigenvalue weighted by molar-refractivity contribution is -0.121. The van der Waals surface area contributed by atoms with E-state index in [4.69, 9.17) is 7.98 Å². The van der Waals surface area contributed by atoms with Crippen molar-refractivity contribution in [1.82, 2.24) is 5.23 Å². The normalized spacial score (nSPS) is 11.0. The van der Waals surface area contributed by atoms with Crippen LogP contribution >= 0.6 is 0 Å². The zero-order valence-corrected chi connectivity index (χ0v) is 6.19. The van der Waals surface area contributed by atoms with Crippen LogP contribution in [0.25, 0.3) is 0 Å². The molecule has 0 rings (SSSR count). The standard InChI is InChI=1S/C6H12BNO/c1-6(2,3)4-5(9)8-7/h4H2,1-3H3,(H,8,9). The summed E-state index contributed by atoms with van der Waals surface area (Å²) in [7, 11) is 4.88.